The third-order valence-corrected chi connectivity index (χ3v) is 7.62. The van der Waals surface area contributed by atoms with Crippen molar-refractivity contribution in [3.8, 4) is 0 Å². The van der Waals surface area contributed by atoms with Crippen LogP contribution in [-0.2, 0) is 20.6 Å². The number of likely N-dealkylation sites (tertiary alicyclic amines) is 1. The summed E-state index contributed by atoms with van der Waals surface area (Å²) in [5.41, 5.74) is 5.97. The summed E-state index contributed by atoms with van der Waals surface area (Å²) < 4.78 is 27.0. The second-order valence-electron chi connectivity index (χ2n) is 7.25. The number of benzene rings is 1. The topological polar surface area (TPSA) is 84.9 Å². The molecular weight excluding hydrogens is 338 g/mol. The van der Waals surface area contributed by atoms with E-state index in [-0.39, 0.29) is 11.7 Å². The highest BCUT2D eigenvalue weighted by Gasteiger charge is 2.50. The summed E-state index contributed by atoms with van der Waals surface area (Å²) in [7, 11) is -3.37. The molecule has 1 amide bonds. The maximum absolute atomic E-state index is 12.7. The van der Waals surface area contributed by atoms with Gasteiger partial charge in [0.2, 0.25) is 10.0 Å². The van der Waals surface area contributed by atoms with E-state index in [1.807, 2.05) is 30.3 Å². The third kappa shape index (κ3) is 3.88. The minimum atomic E-state index is -3.37. The number of piperidine rings is 2. The Balaban J connectivity index is 1.70. The lowest BCUT2D eigenvalue weighted by Crippen LogP contribution is -3.22. The van der Waals surface area contributed by atoms with Gasteiger partial charge in [-0.05, 0) is 24.8 Å². The molecule has 2 aliphatic rings. The Bertz CT molecular complexity index is 692. The number of nitrogens with zero attached hydrogens (tertiary/aromatic N) is 1. The van der Waals surface area contributed by atoms with Crippen molar-refractivity contribution in [2.75, 3.05) is 26.2 Å². The van der Waals surface area contributed by atoms with Crippen molar-refractivity contribution < 1.29 is 18.1 Å². The van der Waals surface area contributed by atoms with Crippen molar-refractivity contribution in [2.45, 2.75) is 43.4 Å². The number of quaternary nitrogens is 1. The summed E-state index contributed by atoms with van der Waals surface area (Å²) in [6.07, 6.45) is 4.47. The van der Waals surface area contributed by atoms with Crippen LogP contribution in [0.2, 0.25) is 0 Å². The number of sulfonamides is 1. The van der Waals surface area contributed by atoms with Crippen LogP contribution in [0.3, 0.4) is 0 Å². The molecule has 0 radical (unpaired) electrons. The Morgan fingerprint density at radius 2 is 1.68 bits per heavy atom. The van der Waals surface area contributed by atoms with Gasteiger partial charge in [0.1, 0.15) is 0 Å². The fourth-order valence-electron chi connectivity index (χ4n) is 4.25. The minimum Gasteiger partial charge on any atom is -0.364 e. The number of rotatable bonds is 5. The summed E-state index contributed by atoms with van der Waals surface area (Å²) in [5.74, 6) is -0.266. The normalized spacial score (nSPS) is 22.6. The van der Waals surface area contributed by atoms with E-state index < -0.39 is 15.6 Å². The van der Waals surface area contributed by atoms with E-state index in [4.69, 9.17) is 5.73 Å². The number of hydrogen-bond donors (Lipinski definition) is 2. The van der Waals surface area contributed by atoms with Crippen molar-refractivity contribution in [1.82, 2.24) is 4.31 Å². The lowest BCUT2D eigenvalue weighted by molar-refractivity contribution is -0.948. The van der Waals surface area contributed by atoms with E-state index in [1.165, 1.54) is 15.6 Å². The summed E-state index contributed by atoms with van der Waals surface area (Å²) in [5, 5.41) is 0. The molecule has 25 heavy (non-hydrogen) atoms. The van der Waals surface area contributed by atoms with Gasteiger partial charge in [0.15, 0.2) is 5.54 Å². The quantitative estimate of drug-likeness (QED) is 0.763. The van der Waals surface area contributed by atoms with Crippen LogP contribution in [0.4, 0.5) is 0 Å². The zero-order valence-corrected chi connectivity index (χ0v) is 15.4. The van der Waals surface area contributed by atoms with Crippen LogP contribution in [0.25, 0.3) is 0 Å². The Labute approximate surface area is 150 Å². The number of carbonyl (C=O) groups excluding carboxylic acids is 1. The second-order valence-corrected chi connectivity index (χ2v) is 9.22. The van der Waals surface area contributed by atoms with Crippen molar-refractivity contribution >= 4 is 15.9 Å². The van der Waals surface area contributed by atoms with E-state index in [0.717, 1.165) is 31.5 Å². The van der Waals surface area contributed by atoms with Gasteiger partial charge in [-0.2, -0.15) is 0 Å². The molecule has 2 fully saturated rings. The molecule has 0 aromatic heterocycles. The van der Waals surface area contributed by atoms with Crippen molar-refractivity contribution in [3.05, 3.63) is 35.9 Å². The zero-order valence-electron chi connectivity index (χ0n) is 14.6. The largest absolute Gasteiger partial charge is 0.364 e. The molecule has 0 spiro atoms. The third-order valence-electron chi connectivity index (χ3n) is 5.77. The number of nitrogens with one attached hydrogen (secondary N) is 1. The van der Waals surface area contributed by atoms with Gasteiger partial charge in [-0.15, -0.1) is 0 Å². The highest BCUT2D eigenvalue weighted by atomic mass is 32.2. The lowest BCUT2D eigenvalue weighted by atomic mass is 9.84. The predicted molar refractivity (Wildman–Crippen MR) is 96.3 cm³/mol. The number of nitrogens with two attached hydrogens (primary N) is 1. The Kier molecular flexibility index (Phi) is 5.46. The fourth-order valence-corrected chi connectivity index (χ4v) is 5.79. The van der Waals surface area contributed by atoms with Crippen molar-refractivity contribution in [2.24, 2.45) is 5.73 Å². The van der Waals surface area contributed by atoms with Gasteiger partial charge in [-0.25, -0.2) is 12.7 Å². The van der Waals surface area contributed by atoms with Gasteiger partial charge in [0, 0.05) is 25.9 Å². The molecule has 0 bridgehead atoms. The average molecular weight is 367 g/mol. The molecule has 0 saturated carbocycles. The Hall–Kier alpha value is -1.44. The van der Waals surface area contributed by atoms with Crippen LogP contribution in [-0.4, -0.2) is 50.3 Å². The van der Waals surface area contributed by atoms with Crippen LogP contribution < -0.4 is 10.6 Å². The Morgan fingerprint density at radius 1 is 1.08 bits per heavy atom. The first-order chi connectivity index (χ1) is 11.9. The monoisotopic (exact) mass is 366 g/mol. The maximum Gasteiger partial charge on any atom is 0.278 e. The molecule has 0 aliphatic carbocycles. The van der Waals surface area contributed by atoms with Crippen molar-refractivity contribution in [3.63, 3.8) is 0 Å². The summed E-state index contributed by atoms with van der Waals surface area (Å²) >= 11 is 0. The van der Waals surface area contributed by atoms with E-state index >= 15 is 0 Å². The highest BCUT2D eigenvalue weighted by Crippen LogP contribution is 2.24. The molecule has 2 heterocycles. The first-order valence-corrected chi connectivity index (χ1v) is 10.7. The molecular formula is C18H28N3O3S+. The number of carbonyl (C=O) groups is 1. The van der Waals surface area contributed by atoms with Gasteiger partial charge in [0.25, 0.3) is 5.91 Å². The molecule has 3 N–H and O–H groups in total. The molecule has 7 heteroatoms. The van der Waals surface area contributed by atoms with E-state index in [2.05, 4.69) is 0 Å². The summed E-state index contributed by atoms with van der Waals surface area (Å²) in [6.45, 7) is 2.67. The lowest BCUT2D eigenvalue weighted by Gasteiger charge is -2.44. The van der Waals surface area contributed by atoms with E-state index in [0.29, 0.717) is 25.9 Å². The highest BCUT2D eigenvalue weighted by molar-refractivity contribution is 7.88. The van der Waals surface area contributed by atoms with Crippen LogP contribution in [0.1, 0.15) is 37.7 Å². The van der Waals surface area contributed by atoms with E-state index in [9.17, 15) is 13.2 Å². The Morgan fingerprint density at radius 3 is 2.24 bits per heavy atom. The van der Waals surface area contributed by atoms with Crippen LogP contribution in [0.5, 0.6) is 0 Å². The molecule has 0 unspecified atom stereocenters. The smallest absolute Gasteiger partial charge is 0.278 e. The van der Waals surface area contributed by atoms with Gasteiger partial charge in [-0.1, -0.05) is 30.3 Å². The van der Waals surface area contributed by atoms with Gasteiger partial charge < -0.3 is 10.6 Å². The first-order valence-electron chi connectivity index (χ1n) is 9.11. The maximum atomic E-state index is 12.7. The predicted octanol–water partition coefficient (Wildman–Crippen LogP) is -0.0949. The van der Waals surface area contributed by atoms with Gasteiger partial charge >= 0.3 is 0 Å². The molecule has 138 valence electrons. The van der Waals surface area contributed by atoms with E-state index in [1.54, 1.807) is 0 Å². The van der Waals surface area contributed by atoms with Crippen LogP contribution >= 0.6 is 0 Å². The SMILES string of the molecule is NC(=O)C1([NH+]2CCCCC2)CCN(S(=O)(=O)Cc2ccccc2)CC1. The zero-order chi connectivity index (χ0) is 17.9. The van der Waals surface area contributed by atoms with Gasteiger partial charge in [0.05, 0.1) is 18.8 Å². The molecule has 6 nitrogen and oxygen atoms in total. The molecule has 2 saturated heterocycles. The molecule has 1 aromatic carbocycles. The summed E-state index contributed by atoms with van der Waals surface area (Å²) in [4.78, 5) is 13.5. The molecule has 2 aliphatic heterocycles. The van der Waals surface area contributed by atoms with Gasteiger partial charge in [-0.3, -0.25) is 4.79 Å². The average Bonchev–Trinajstić information content (AvgIpc) is 2.63. The number of hydrogen-bond acceptors (Lipinski definition) is 3. The second kappa shape index (κ2) is 7.43. The number of amides is 1. The fraction of sp³-hybridized carbons (Fsp3) is 0.611. The molecule has 1 aromatic rings. The number of primary amides is 1. The summed E-state index contributed by atoms with van der Waals surface area (Å²) in [6, 6.07) is 9.22. The van der Waals surface area contributed by atoms with Crippen molar-refractivity contribution in [1.29, 1.82) is 0 Å². The standard InChI is InChI=1S/C18H27N3O3S/c19-17(22)18(20-11-5-2-6-12-20)9-13-21(14-10-18)25(23,24)15-16-7-3-1-4-8-16/h1,3-4,7-8H,2,5-6,9-15H2,(H2,19,22)/p+1. The van der Waals surface area contributed by atoms with Crippen LogP contribution in [0, 0.1) is 0 Å². The minimum absolute atomic E-state index is 0.00792. The van der Waals surface area contributed by atoms with Crippen LogP contribution in [0.15, 0.2) is 30.3 Å². The molecule has 0 atom stereocenters. The first kappa shape index (κ1) is 18.4. The molecule has 3 rings (SSSR count).